The van der Waals surface area contributed by atoms with Crippen LogP contribution in [0, 0.1) is 11.2 Å². The smallest absolute Gasteiger partial charge is 0.755 e. The minimum atomic E-state index is -2.65. The van der Waals surface area contributed by atoms with Gasteiger partial charge in [-0.15, -0.1) is 5.46 Å². The van der Waals surface area contributed by atoms with Crippen molar-refractivity contribution in [2.75, 3.05) is 31.2 Å². The van der Waals surface area contributed by atoms with Gasteiger partial charge in [-0.05, 0) is 78.4 Å². The van der Waals surface area contributed by atoms with E-state index >= 15 is 0 Å². The molecule has 1 saturated carbocycles. The minimum absolute atomic E-state index is 0. The summed E-state index contributed by atoms with van der Waals surface area (Å²) in [5, 5.41) is 3.55. The quantitative estimate of drug-likeness (QED) is 0.225. The first-order valence-corrected chi connectivity index (χ1v) is 15.8. The molecular formula is C31H29BClFKN2O7S-. The third-order valence-electron chi connectivity index (χ3n) is 8.63. The third kappa shape index (κ3) is 6.22. The van der Waals surface area contributed by atoms with E-state index in [9.17, 15) is 17.9 Å². The maximum Gasteiger partial charge on any atom is 1.00 e. The van der Waals surface area contributed by atoms with Crippen LogP contribution in [0.1, 0.15) is 47.2 Å². The zero-order valence-electron chi connectivity index (χ0n) is 25.1. The average Bonchev–Trinajstić information content (AvgIpc) is 3.80. The Hall–Kier alpha value is -1.62. The molecule has 3 aliphatic heterocycles. The molecular weight excluding hydrogens is 649 g/mol. The molecule has 3 saturated heterocycles. The first-order chi connectivity index (χ1) is 21.1. The van der Waals surface area contributed by atoms with Crippen molar-refractivity contribution in [3.05, 3.63) is 82.1 Å². The van der Waals surface area contributed by atoms with Gasteiger partial charge < -0.3 is 28.2 Å². The Morgan fingerprint density at radius 2 is 1.78 bits per heavy atom. The Balaban J connectivity index is 0.00000357. The van der Waals surface area contributed by atoms with E-state index in [1.807, 2.05) is 13.0 Å². The van der Waals surface area contributed by atoms with Crippen molar-refractivity contribution in [2.24, 2.45) is 5.41 Å². The van der Waals surface area contributed by atoms with Crippen LogP contribution in [0.4, 0.5) is 10.1 Å². The molecule has 4 aromatic rings. The average molecular weight is 678 g/mol. The van der Waals surface area contributed by atoms with Gasteiger partial charge in [0.05, 0.1) is 12.1 Å². The number of nitrogens with one attached hydrogen (secondary N) is 1. The van der Waals surface area contributed by atoms with Crippen LogP contribution >= 0.6 is 11.6 Å². The van der Waals surface area contributed by atoms with E-state index in [1.54, 1.807) is 36.4 Å². The fraction of sp³-hybridized carbons (Fsp3) is 0.323. The molecule has 3 aromatic carbocycles. The molecule has 1 aliphatic carbocycles. The van der Waals surface area contributed by atoms with Crippen molar-refractivity contribution >= 4 is 57.6 Å². The molecule has 1 amide bonds. The van der Waals surface area contributed by atoms with E-state index < -0.39 is 23.8 Å². The van der Waals surface area contributed by atoms with Crippen LogP contribution in [0.15, 0.2) is 59.0 Å². The van der Waals surface area contributed by atoms with E-state index in [1.165, 1.54) is 23.5 Å². The molecule has 230 valence electrons. The molecule has 0 spiro atoms. The molecule has 9 nitrogen and oxygen atoms in total. The van der Waals surface area contributed by atoms with Gasteiger partial charge in [0.15, 0.2) is 0 Å². The molecule has 1 unspecified atom stereocenters. The molecule has 14 heteroatoms. The van der Waals surface area contributed by atoms with E-state index in [0.29, 0.717) is 58.8 Å². The molecule has 4 heterocycles. The number of rotatable bonds is 8. The molecule has 1 aromatic heterocycles. The largest absolute Gasteiger partial charge is 1.00 e. The number of hydrogen-bond acceptors (Lipinski definition) is 7. The van der Waals surface area contributed by atoms with E-state index in [-0.39, 0.29) is 80.2 Å². The van der Waals surface area contributed by atoms with Gasteiger partial charge in [-0.25, -0.2) is 4.39 Å². The van der Waals surface area contributed by atoms with Gasteiger partial charge in [0.1, 0.15) is 17.2 Å². The van der Waals surface area contributed by atoms with Crippen LogP contribution in [0.5, 0.6) is 0 Å². The summed E-state index contributed by atoms with van der Waals surface area (Å²) in [7, 11) is 1.54. The number of carbonyl (C=O) groups is 1. The molecule has 2 bridgehead atoms. The molecule has 1 atom stereocenters. The Labute approximate surface area is 309 Å². The summed E-state index contributed by atoms with van der Waals surface area (Å²) in [4.78, 5) is 13.0. The second kappa shape index (κ2) is 12.8. The number of halogens is 2. The number of amides is 1. The van der Waals surface area contributed by atoms with Crippen molar-refractivity contribution in [1.82, 2.24) is 5.32 Å². The summed E-state index contributed by atoms with van der Waals surface area (Å²) < 4.78 is 64.3. The van der Waals surface area contributed by atoms with Crippen LogP contribution in [0.2, 0.25) is 5.02 Å². The summed E-state index contributed by atoms with van der Waals surface area (Å²) in [5.41, 5.74) is 3.67. The van der Waals surface area contributed by atoms with Crippen LogP contribution in [-0.4, -0.2) is 48.3 Å². The monoisotopic (exact) mass is 677 g/mol. The molecule has 4 aliphatic rings. The van der Waals surface area contributed by atoms with Crippen molar-refractivity contribution in [3.63, 3.8) is 0 Å². The van der Waals surface area contributed by atoms with Gasteiger partial charge in [-0.2, -0.15) is 0 Å². The van der Waals surface area contributed by atoms with Crippen LogP contribution in [0.3, 0.4) is 0 Å². The molecule has 0 radical (unpaired) electrons. The Morgan fingerprint density at radius 3 is 2.36 bits per heavy atom. The van der Waals surface area contributed by atoms with Gasteiger partial charge in [0, 0.05) is 65.2 Å². The first-order valence-electron chi connectivity index (χ1n) is 14.4. The normalized spacial score (nSPS) is 23.0. The van der Waals surface area contributed by atoms with Gasteiger partial charge in [0.25, 0.3) is 5.91 Å². The first kappa shape index (κ1) is 33.3. The van der Waals surface area contributed by atoms with E-state index in [4.69, 9.17) is 30.0 Å². The maximum atomic E-state index is 13.7. The predicted octanol–water partition coefficient (Wildman–Crippen LogP) is 2.16. The van der Waals surface area contributed by atoms with Crippen molar-refractivity contribution in [1.29, 1.82) is 0 Å². The Bertz CT molecular complexity index is 1800. The number of anilines is 1. The van der Waals surface area contributed by atoms with Crippen molar-refractivity contribution in [2.45, 2.75) is 32.2 Å². The second-order valence-electron chi connectivity index (χ2n) is 12.1. The fourth-order valence-electron chi connectivity index (χ4n) is 6.08. The standard InChI is InChI=1S/C31H30BClFN2O7S.K/c1-31-15-40-32(41-16-31,42-17-31)25-10-9-22(12-26(25)33)36(44(38)39)14-20-11-27-24(13-23(20)18-3-4-18)28(30(37)35-2)29(43-27)19-5-7-21(34)8-6-19;/h5-13,18H,3-4,14-17H2,1-2H3,(H,35,37)(H,38,39);/q-1;+1/p-1. The van der Waals surface area contributed by atoms with Crippen LogP contribution in [0.25, 0.3) is 22.3 Å². The number of benzene rings is 3. The minimum Gasteiger partial charge on any atom is -0.755 e. The van der Waals surface area contributed by atoms with E-state index in [2.05, 4.69) is 5.32 Å². The fourth-order valence-corrected chi connectivity index (χ4v) is 6.92. The topological polar surface area (TPSA) is 113 Å². The molecule has 8 rings (SSSR count). The van der Waals surface area contributed by atoms with Crippen LogP contribution in [-0.2, 0) is 31.8 Å². The number of furan rings is 1. The van der Waals surface area contributed by atoms with E-state index in [0.717, 1.165) is 24.0 Å². The number of nitrogens with zero attached hydrogens (tertiary/aromatic N) is 1. The zero-order valence-corrected chi connectivity index (χ0v) is 29.8. The summed E-state index contributed by atoms with van der Waals surface area (Å²) in [6.07, 6.45) is 1.89. The summed E-state index contributed by atoms with van der Waals surface area (Å²) >= 11 is 4.05. The summed E-state index contributed by atoms with van der Waals surface area (Å²) in [6.45, 7) is 1.25. The van der Waals surface area contributed by atoms with Gasteiger partial charge in [0.2, 0.25) is 0 Å². The van der Waals surface area contributed by atoms with Gasteiger partial charge in [-0.1, -0.05) is 24.6 Å². The van der Waals surface area contributed by atoms with Crippen molar-refractivity contribution < 1.29 is 87.7 Å². The second-order valence-corrected chi connectivity index (χ2v) is 13.3. The van der Waals surface area contributed by atoms with Gasteiger partial charge in [-0.3, -0.25) is 13.3 Å². The third-order valence-corrected chi connectivity index (χ3v) is 9.66. The molecule has 4 fully saturated rings. The van der Waals surface area contributed by atoms with Gasteiger partial charge >= 0.3 is 58.1 Å². The SMILES string of the molecule is CNC(=O)c1c(-c2ccc(F)cc2)oc2cc(CN(c3ccc([B-]45OCC(C)(CO4)CO5)c(Cl)c3)S(=O)[O-])c(C3CC3)cc12.[K+]. The Morgan fingerprint density at radius 1 is 1.11 bits per heavy atom. The predicted molar refractivity (Wildman–Crippen MR) is 165 cm³/mol. The molecule has 45 heavy (non-hydrogen) atoms. The number of hydrogen-bond donors (Lipinski definition) is 1. The van der Waals surface area contributed by atoms with Crippen molar-refractivity contribution in [3.8, 4) is 11.3 Å². The molecule has 1 N–H and O–H groups in total. The zero-order chi connectivity index (χ0) is 30.8. The number of fused-ring (bicyclic) bond motifs is 4. The summed E-state index contributed by atoms with van der Waals surface area (Å²) in [5.74, 6) is -0.213. The summed E-state index contributed by atoms with van der Waals surface area (Å²) in [6, 6.07) is 14.3. The van der Waals surface area contributed by atoms with Crippen LogP contribution < -0.4 is 66.5 Å². The maximum absolute atomic E-state index is 13.7. The number of carbonyl (C=O) groups excluding carboxylic acids is 1. The Kier molecular flexibility index (Phi) is 9.45.